The number of hydrogen-bond acceptors (Lipinski definition) is 3. The van der Waals surface area contributed by atoms with Crippen molar-refractivity contribution in [3.63, 3.8) is 0 Å². The van der Waals surface area contributed by atoms with Crippen molar-refractivity contribution in [1.29, 1.82) is 0 Å². The molecule has 2 aromatic rings. The molecule has 0 amide bonds. The average molecular weight is 233 g/mol. The van der Waals surface area contributed by atoms with E-state index in [9.17, 15) is 0 Å². The summed E-state index contributed by atoms with van der Waals surface area (Å²) < 4.78 is 4.22. The molecule has 0 aliphatic heterocycles. The molecule has 2 heterocycles. The Morgan fingerprint density at radius 3 is 2.76 bits per heavy atom. The lowest BCUT2D eigenvalue weighted by molar-refractivity contribution is 0.575. The summed E-state index contributed by atoms with van der Waals surface area (Å²) in [4.78, 5) is 0. The molecule has 0 saturated heterocycles. The summed E-state index contributed by atoms with van der Waals surface area (Å²) in [5.41, 5.74) is 1.26. The maximum atomic E-state index is 4.19. The van der Waals surface area contributed by atoms with Crippen LogP contribution in [0.15, 0.2) is 18.3 Å². The summed E-state index contributed by atoms with van der Waals surface area (Å²) in [5.74, 6) is 1.92. The number of aromatic nitrogens is 4. The molecule has 0 aliphatic rings. The van der Waals surface area contributed by atoms with E-state index < -0.39 is 0 Å². The molecular formula is C12H19N5. The highest BCUT2D eigenvalue weighted by molar-refractivity contribution is 5.12. The number of aryl methyl sites for hydroxylation is 1. The highest BCUT2D eigenvalue weighted by Crippen LogP contribution is 2.14. The normalized spacial score (nSPS) is 12.9. The zero-order chi connectivity index (χ0) is 12.4. The Bertz CT molecular complexity index is 497. The molecule has 17 heavy (non-hydrogen) atoms. The van der Waals surface area contributed by atoms with Gasteiger partial charge >= 0.3 is 0 Å². The van der Waals surface area contributed by atoms with Crippen LogP contribution in [0.5, 0.6) is 0 Å². The second-order valence-corrected chi connectivity index (χ2v) is 4.29. The fourth-order valence-electron chi connectivity index (χ4n) is 1.85. The summed E-state index contributed by atoms with van der Waals surface area (Å²) in [6.07, 6.45) is 2.08. The molecule has 0 saturated carbocycles. The number of rotatable bonds is 4. The van der Waals surface area contributed by atoms with Gasteiger partial charge in [0.05, 0.1) is 6.54 Å². The molecule has 92 valence electrons. The molecule has 1 N–H and O–H groups in total. The molecule has 0 bridgehead atoms. The Morgan fingerprint density at radius 2 is 2.18 bits per heavy atom. The minimum atomic E-state index is 0.333. The first-order valence-corrected chi connectivity index (χ1v) is 5.80. The van der Waals surface area contributed by atoms with Crippen molar-refractivity contribution in [3.05, 3.63) is 35.7 Å². The van der Waals surface area contributed by atoms with Crippen LogP contribution in [-0.4, -0.2) is 26.4 Å². The van der Waals surface area contributed by atoms with E-state index in [4.69, 9.17) is 0 Å². The molecule has 0 radical (unpaired) electrons. The zero-order valence-electron chi connectivity index (χ0n) is 10.8. The molecule has 0 spiro atoms. The van der Waals surface area contributed by atoms with Gasteiger partial charge < -0.3 is 14.5 Å². The third-order valence-electron chi connectivity index (χ3n) is 3.24. The third kappa shape index (κ3) is 2.24. The largest absolute Gasteiger partial charge is 0.342 e. The molecule has 2 rings (SSSR count). The van der Waals surface area contributed by atoms with Gasteiger partial charge in [-0.05, 0) is 33.0 Å². The van der Waals surface area contributed by atoms with Crippen LogP contribution in [0, 0.1) is 6.92 Å². The first-order valence-electron chi connectivity index (χ1n) is 5.80. The first-order chi connectivity index (χ1) is 8.13. The van der Waals surface area contributed by atoms with Crippen molar-refractivity contribution in [2.75, 3.05) is 7.05 Å². The number of nitrogens with one attached hydrogen (secondary N) is 1. The molecule has 5 nitrogen and oxygen atoms in total. The van der Waals surface area contributed by atoms with Crippen LogP contribution >= 0.6 is 0 Å². The lowest BCUT2D eigenvalue weighted by atomic mass is 10.2. The van der Waals surface area contributed by atoms with Crippen molar-refractivity contribution >= 4 is 0 Å². The van der Waals surface area contributed by atoms with E-state index in [1.807, 2.05) is 25.6 Å². The van der Waals surface area contributed by atoms with Crippen molar-refractivity contribution in [2.45, 2.75) is 26.4 Å². The van der Waals surface area contributed by atoms with E-state index in [2.05, 4.69) is 45.3 Å². The van der Waals surface area contributed by atoms with Crippen LogP contribution in [0.2, 0.25) is 0 Å². The molecule has 2 aromatic heterocycles. The van der Waals surface area contributed by atoms with E-state index >= 15 is 0 Å². The van der Waals surface area contributed by atoms with Crippen LogP contribution in [0.25, 0.3) is 0 Å². The first kappa shape index (κ1) is 11.9. The van der Waals surface area contributed by atoms with Crippen LogP contribution in [-0.2, 0) is 13.6 Å². The predicted molar refractivity (Wildman–Crippen MR) is 66.7 cm³/mol. The number of nitrogens with zero attached hydrogens (tertiary/aromatic N) is 4. The number of hydrogen-bond donors (Lipinski definition) is 1. The summed E-state index contributed by atoms with van der Waals surface area (Å²) in [7, 11) is 3.96. The fourth-order valence-corrected chi connectivity index (χ4v) is 1.85. The zero-order valence-corrected chi connectivity index (χ0v) is 10.8. The highest BCUT2D eigenvalue weighted by atomic mass is 15.3. The molecule has 0 aliphatic carbocycles. The van der Waals surface area contributed by atoms with Crippen molar-refractivity contribution in [2.24, 2.45) is 7.05 Å². The highest BCUT2D eigenvalue weighted by Gasteiger charge is 2.11. The average Bonchev–Trinajstić information content (AvgIpc) is 2.90. The van der Waals surface area contributed by atoms with Crippen molar-refractivity contribution in [1.82, 2.24) is 24.6 Å². The molecule has 5 heteroatoms. The minimum Gasteiger partial charge on any atom is -0.342 e. The molecule has 0 aromatic carbocycles. The topological polar surface area (TPSA) is 47.7 Å². The van der Waals surface area contributed by atoms with Gasteiger partial charge in [-0.15, -0.1) is 10.2 Å². The van der Waals surface area contributed by atoms with E-state index in [0.717, 1.165) is 18.2 Å². The van der Waals surface area contributed by atoms with Gasteiger partial charge in [0.2, 0.25) is 0 Å². The van der Waals surface area contributed by atoms with Gasteiger partial charge in [-0.2, -0.15) is 0 Å². The monoisotopic (exact) mass is 233 g/mol. The summed E-state index contributed by atoms with van der Waals surface area (Å²) >= 11 is 0. The quantitative estimate of drug-likeness (QED) is 0.864. The van der Waals surface area contributed by atoms with Gasteiger partial charge in [-0.3, -0.25) is 0 Å². The fraction of sp³-hybridized carbons (Fsp3) is 0.500. The maximum absolute atomic E-state index is 4.19. The van der Waals surface area contributed by atoms with Crippen molar-refractivity contribution < 1.29 is 0 Å². The van der Waals surface area contributed by atoms with E-state index in [0.29, 0.717) is 6.04 Å². The van der Waals surface area contributed by atoms with Crippen LogP contribution in [0.3, 0.4) is 0 Å². The molecule has 1 atom stereocenters. The Morgan fingerprint density at radius 1 is 1.41 bits per heavy atom. The Balaban J connectivity index is 2.25. The van der Waals surface area contributed by atoms with E-state index in [-0.39, 0.29) is 0 Å². The molecular weight excluding hydrogens is 214 g/mol. The van der Waals surface area contributed by atoms with Gasteiger partial charge in [0.1, 0.15) is 5.82 Å². The van der Waals surface area contributed by atoms with E-state index in [1.54, 1.807) is 0 Å². The summed E-state index contributed by atoms with van der Waals surface area (Å²) in [6.45, 7) is 4.86. The second-order valence-electron chi connectivity index (χ2n) is 4.29. The third-order valence-corrected chi connectivity index (χ3v) is 3.24. The van der Waals surface area contributed by atoms with Crippen LogP contribution < -0.4 is 5.32 Å². The van der Waals surface area contributed by atoms with Crippen LogP contribution in [0.1, 0.15) is 30.3 Å². The Kier molecular flexibility index (Phi) is 3.28. The van der Waals surface area contributed by atoms with Crippen molar-refractivity contribution in [3.8, 4) is 0 Å². The lowest BCUT2D eigenvalue weighted by Crippen LogP contribution is -2.17. The molecule has 0 fully saturated rings. The van der Waals surface area contributed by atoms with Gasteiger partial charge in [0.25, 0.3) is 0 Å². The predicted octanol–water partition coefficient (Wildman–Crippen LogP) is 1.25. The Hall–Kier alpha value is -1.62. The molecule has 1 unspecified atom stereocenters. The Labute approximate surface area is 101 Å². The smallest absolute Gasteiger partial charge is 0.152 e. The lowest BCUT2D eigenvalue weighted by Gasteiger charge is -2.14. The minimum absolute atomic E-state index is 0.333. The summed E-state index contributed by atoms with van der Waals surface area (Å²) in [6, 6.07) is 4.52. The second kappa shape index (κ2) is 4.71. The SMILES string of the molecule is CNC(C)c1cccn1Cc1nnc(C)n1C. The van der Waals surface area contributed by atoms with Gasteiger partial charge in [0, 0.05) is 25.0 Å². The van der Waals surface area contributed by atoms with Crippen LogP contribution in [0.4, 0.5) is 0 Å². The van der Waals surface area contributed by atoms with Gasteiger partial charge in [-0.25, -0.2) is 0 Å². The van der Waals surface area contributed by atoms with Gasteiger partial charge in [0.15, 0.2) is 5.82 Å². The standard InChI is InChI=1S/C12H19N5/c1-9(13-3)11-6-5-7-17(11)8-12-15-14-10(2)16(12)4/h5-7,9,13H,8H2,1-4H3. The van der Waals surface area contributed by atoms with E-state index in [1.165, 1.54) is 5.69 Å². The summed E-state index contributed by atoms with van der Waals surface area (Å²) in [5, 5.41) is 11.5. The van der Waals surface area contributed by atoms with Gasteiger partial charge in [-0.1, -0.05) is 0 Å². The maximum Gasteiger partial charge on any atom is 0.152 e.